The highest BCUT2D eigenvalue weighted by Gasteiger charge is 2.21. The molecule has 1 aliphatic carbocycles. The van der Waals surface area contributed by atoms with Gasteiger partial charge in [-0.05, 0) is 55.1 Å². The molecule has 95 valence electrons. The topological polar surface area (TPSA) is 0 Å². The molecule has 1 radical (unpaired) electrons. The molecule has 0 aliphatic heterocycles. The third-order valence-electron chi connectivity index (χ3n) is 4.06. The molecule has 0 aromatic heterocycles. The second-order valence-corrected chi connectivity index (χ2v) is 5.31. The number of benzene rings is 1. The molecule has 2 rings (SSSR count). The zero-order chi connectivity index (χ0) is 12.8. The summed E-state index contributed by atoms with van der Waals surface area (Å²) in [5.41, 5.74) is 2.75. The Morgan fingerprint density at radius 3 is 2.22 bits per heavy atom. The van der Waals surface area contributed by atoms with E-state index in [1.54, 1.807) is 0 Å². The predicted octanol–water partition coefficient (Wildman–Crippen LogP) is 5.27. The average Bonchev–Trinajstić information content (AvgIpc) is 2.41. The van der Waals surface area contributed by atoms with E-state index in [2.05, 4.69) is 43.5 Å². The summed E-state index contributed by atoms with van der Waals surface area (Å²) in [5.74, 6) is 1.65. The fourth-order valence-corrected chi connectivity index (χ4v) is 2.98. The van der Waals surface area contributed by atoms with E-state index in [9.17, 15) is 0 Å². The van der Waals surface area contributed by atoms with Crippen LogP contribution in [0.25, 0.3) is 0 Å². The fraction of sp³-hybridized carbons (Fsp3) is 0.389. The van der Waals surface area contributed by atoms with E-state index in [0.29, 0.717) is 0 Å². The van der Waals surface area contributed by atoms with Gasteiger partial charge in [0.15, 0.2) is 0 Å². The zero-order valence-corrected chi connectivity index (χ0v) is 11.1. The molecule has 1 aliphatic rings. The fourth-order valence-electron chi connectivity index (χ4n) is 2.98. The van der Waals surface area contributed by atoms with Gasteiger partial charge in [-0.1, -0.05) is 36.4 Å². The van der Waals surface area contributed by atoms with Crippen LogP contribution in [0.15, 0.2) is 49.6 Å². The molecule has 0 nitrogen and oxygen atoms in total. The van der Waals surface area contributed by atoms with Gasteiger partial charge < -0.3 is 0 Å². The van der Waals surface area contributed by atoms with Gasteiger partial charge in [0.05, 0.1) is 0 Å². The van der Waals surface area contributed by atoms with Crippen molar-refractivity contribution in [2.45, 2.75) is 38.0 Å². The van der Waals surface area contributed by atoms with E-state index in [1.165, 1.54) is 43.2 Å². The van der Waals surface area contributed by atoms with Crippen LogP contribution in [0.2, 0.25) is 0 Å². The Kier molecular flexibility index (Phi) is 4.81. The first-order valence-corrected chi connectivity index (χ1v) is 7.00. The van der Waals surface area contributed by atoms with E-state index in [1.807, 2.05) is 12.5 Å². The Labute approximate surface area is 111 Å². The normalized spacial score (nSPS) is 23.6. The van der Waals surface area contributed by atoms with Crippen molar-refractivity contribution in [3.8, 4) is 0 Å². The maximum atomic E-state index is 3.85. The maximum absolute atomic E-state index is 3.85. The van der Waals surface area contributed by atoms with Gasteiger partial charge in [0, 0.05) is 6.42 Å². The van der Waals surface area contributed by atoms with Gasteiger partial charge in [-0.2, -0.15) is 0 Å². The third kappa shape index (κ3) is 3.35. The van der Waals surface area contributed by atoms with Crippen LogP contribution in [-0.2, 0) is 0 Å². The lowest BCUT2D eigenvalue weighted by molar-refractivity contribution is 0.328. The molecule has 18 heavy (non-hydrogen) atoms. The van der Waals surface area contributed by atoms with Crippen LogP contribution >= 0.6 is 0 Å². The minimum Gasteiger partial charge on any atom is -0.103 e. The summed E-state index contributed by atoms with van der Waals surface area (Å²) in [5, 5.41) is 0. The molecule has 0 heterocycles. The lowest BCUT2D eigenvalue weighted by Gasteiger charge is -2.28. The highest BCUT2D eigenvalue weighted by molar-refractivity contribution is 5.32. The van der Waals surface area contributed by atoms with Crippen molar-refractivity contribution in [2.24, 2.45) is 5.92 Å². The molecule has 0 heteroatoms. The summed E-state index contributed by atoms with van der Waals surface area (Å²) in [6.07, 6.45) is 12.5. The maximum Gasteiger partial charge on any atom is 0.0119 e. The third-order valence-corrected chi connectivity index (χ3v) is 4.06. The predicted molar refractivity (Wildman–Crippen MR) is 79.6 cm³/mol. The monoisotopic (exact) mass is 239 g/mol. The van der Waals surface area contributed by atoms with Gasteiger partial charge in [-0.3, -0.25) is 0 Å². The SMILES string of the molecule is C=C[CH]c1ccc(C2CCC(CC=C)CC2)cc1. The van der Waals surface area contributed by atoms with Gasteiger partial charge >= 0.3 is 0 Å². The molecule has 0 spiro atoms. The summed E-state index contributed by atoms with van der Waals surface area (Å²) < 4.78 is 0. The Bertz CT molecular complexity index is 377. The van der Waals surface area contributed by atoms with Crippen molar-refractivity contribution in [1.82, 2.24) is 0 Å². The van der Waals surface area contributed by atoms with E-state index >= 15 is 0 Å². The molecule has 0 atom stereocenters. The Morgan fingerprint density at radius 2 is 1.67 bits per heavy atom. The van der Waals surface area contributed by atoms with Crippen LogP contribution in [-0.4, -0.2) is 0 Å². The zero-order valence-electron chi connectivity index (χ0n) is 11.1. The second-order valence-electron chi connectivity index (χ2n) is 5.31. The number of hydrogen-bond donors (Lipinski definition) is 0. The lowest BCUT2D eigenvalue weighted by atomic mass is 9.77. The smallest absolute Gasteiger partial charge is 0.0119 e. The van der Waals surface area contributed by atoms with Crippen molar-refractivity contribution >= 4 is 0 Å². The first-order valence-electron chi connectivity index (χ1n) is 7.00. The van der Waals surface area contributed by atoms with Crippen molar-refractivity contribution in [2.75, 3.05) is 0 Å². The number of allylic oxidation sites excluding steroid dienone is 2. The van der Waals surface area contributed by atoms with Crippen molar-refractivity contribution in [1.29, 1.82) is 0 Å². The molecular formula is C18H23. The van der Waals surface area contributed by atoms with E-state index in [4.69, 9.17) is 0 Å². The molecule has 1 aromatic carbocycles. The summed E-state index contributed by atoms with van der Waals surface area (Å²) >= 11 is 0. The van der Waals surface area contributed by atoms with Gasteiger partial charge in [0.2, 0.25) is 0 Å². The van der Waals surface area contributed by atoms with Crippen molar-refractivity contribution < 1.29 is 0 Å². The van der Waals surface area contributed by atoms with E-state index in [-0.39, 0.29) is 0 Å². The van der Waals surface area contributed by atoms with Gasteiger partial charge in [-0.25, -0.2) is 0 Å². The summed E-state index contributed by atoms with van der Waals surface area (Å²) in [6.45, 7) is 7.58. The first-order chi connectivity index (χ1) is 8.83. The van der Waals surface area contributed by atoms with E-state index in [0.717, 1.165) is 11.8 Å². The van der Waals surface area contributed by atoms with Gasteiger partial charge in [0.25, 0.3) is 0 Å². The molecule has 0 unspecified atom stereocenters. The Morgan fingerprint density at radius 1 is 1.00 bits per heavy atom. The highest BCUT2D eigenvalue weighted by atomic mass is 14.3. The van der Waals surface area contributed by atoms with Crippen LogP contribution in [0.5, 0.6) is 0 Å². The van der Waals surface area contributed by atoms with Crippen LogP contribution in [0, 0.1) is 12.3 Å². The lowest BCUT2D eigenvalue weighted by Crippen LogP contribution is -2.12. The Hall–Kier alpha value is -1.30. The van der Waals surface area contributed by atoms with Crippen LogP contribution in [0.1, 0.15) is 49.1 Å². The summed E-state index contributed by atoms with van der Waals surface area (Å²) in [4.78, 5) is 0. The van der Waals surface area contributed by atoms with Gasteiger partial charge in [-0.15, -0.1) is 13.2 Å². The minimum atomic E-state index is 0.767. The molecule has 1 aromatic rings. The quantitative estimate of drug-likeness (QED) is 0.614. The van der Waals surface area contributed by atoms with Gasteiger partial charge in [0.1, 0.15) is 0 Å². The molecule has 1 saturated carbocycles. The molecule has 1 fully saturated rings. The minimum absolute atomic E-state index is 0.767. The van der Waals surface area contributed by atoms with Crippen molar-refractivity contribution in [3.05, 3.63) is 67.1 Å². The second kappa shape index (κ2) is 6.58. The Balaban J connectivity index is 1.92. The number of hydrogen-bond acceptors (Lipinski definition) is 0. The standard InChI is InChI=1S/C18H23/c1-3-5-15-7-11-17(12-8-15)18-13-9-16(6-4-2)10-14-18/h3-5,7-8,11-12,16,18H,1-2,6,9-10,13-14H2. The van der Waals surface area contributed by atoms with Crippen molar-refractivity contribution in [3.63, 3.8) is 0 Å². The first kappa shape index (κ1) is 13.1. The molecule has 0 amide bonds. The van der Waals surface area contributed by atoms with Crippen LogP contribution < -0.4 is 0 Å². The molecular weight excluding hydrogens is 216 g/mol. The summed E-state index contributed by atoms with van der Waals surface area (Å²) in [7, 11) is 0. The van der Waals surface area contributed by atoms with Crippen LogP contribution in [0.4, 0.5) is 0 Å². The molecule has 0 N–H and O–H groups in total. The average molecular weight is 239 g/mol. The largest absolute Gasteiger partial charge is 0.103 e. The molecule has 0 saturated heterocycles. The van der Waals surface area contributed by atoms with E-state index < -0.39 is 0 Å². The summed E-state index contributed by atoms with van der Waals surface area (Å²) in [6, 6.07) is 8.97. The van der Waals surface area contributed by atoms with Crippen LogP contribution in [0.3, 0.4) is 0 Å². The highest BCUT2D eigenvalue weighted by Crippen LogP contribution is 2.37. The number of rotatable bonds is 5. The molecule has 0 bridgehead atoms.